The third-order valence-electron chi connectivity index (χ3n) is 5.66. The maximum Gasteiger partial charge on any atom is 0.251 e. The molecule has 1 saturated heterocycles. The van der Waals surface area contributed by atoms with E-state index < -0.39 is 28.9 Å². The first-order valence-corrected chi connectivity index (χ1v) is 11.9. The van der Waals surface area contributed by atoms with Crippen molar-refractivity contribution < 1.29 is 23.2 Å². The van der Waals surface area contributed by atoms with Crippen molar-refractivity contribution in [3.05, 3.63) is 70.6 Å². The van der Waals surface area contributed by atoms with Crippen molar-refractivity contribution in [3.63, 3.8) is 0 Å². The van der Waals surface area contributed by atoms with Gasteiger partial charge in [-0.15, -0.1) is 0 Å². The van der Waals surface area contributed by atoms with Crippen LogP contribution in [-0.2, 0) is 9.59 Å². The Morgan fingerprint density at radius 1 is 1.03 bits per heavy atom. The van der Waals surface area contributed by atoms with Gasteiger partial charge in [0.15, 0.2) is 5.13 Å². The zero-order valence-electron chi connectivity index (χ0n) is 19.2. The third kappa shape index (κ3) is 5.60. The maximum atomic E-state index is 13.5. The molecule has 10 heteroatoms. The lowest BCUT2D eigenvalue weighted by Crippen LogP contribution is -2.56. The Hall–Kier alpha value is -3.50. The normalized spacial score (nSPS) is 15.6. The average Bonchev–Trinajstić information content (AvgIpc) is 3.50. The van der Waals surface area contributed by atoms with E-state index in [2.05, 4.69) is 20.9 Å². The van der Waals surface area contributed by atoms with Gasteiger partial charge in [-0.1, -0.05) is 11.3 Å². The number of benzene rings is 2. The summed E-state index contributed by atoms with van der Waals surface area (Å²) in [5.74, 6) is -2.11. The van der Waals surface area contributed by atoms with Gasteiger partial charge in [-0.2, -0.15) is 0 Å². The van der Waals surface area contributed by atoms with Crippen molar-refractivity contribution >= 4 is 34.1 Å². The monoisotopic (exact) mass is 498 g/mol. The quantitative estimate of drug-likeness (QED) is 0.429. The van der Waals surface area contributed by atoms with Crippen molar-refractivity contribution in [2.75, 3.05) is 11.9 Å². The minimum absolute atomic E-state index is 0.140. The molecule has 3 aromatic rings. The van der Waals surface area contributed by atoms with Crippen molar-refractivity contribution in [1.29, 1.82) is 0 Å². The number of aromatic nitrogens is 1. The average molecular weight is 499 g/mol. The predicted octanol–water partition coefficient (Wildman–Crippen LogP) is 3.90. The summed E-state index contributed by atoms with van der Waals surface area (Å²) in [7, 11) is 0. The summed E-state index contributed by atoms with van der Waals surface area (Å²) in [6, 6.07) is 10.2. The number of nitrogens with one attached hydrogen (secondary N) is 3. The standard InChI is InChI=1S/C25H24F2N4O3S/c1-25(2,31-22(33)18-4-3-13-28-18)23(34)30-24-29-19(14-5-9-16(26)10-6-14)21(35-24)20(32)15-7-11-17(27)12-8-15/h5-12,18,28H,3-4,13H2,1-2H3,(H,31,33)(H,29,30,34). The van der Waals surface area contributed by atoms with Gasteiger partial charge < -0.3 is 10.6 Å². The second-order valence-corrected chi connectivity index (χ2v) is 9.76. The van der Waals surface area contributed by atoms with Crippen LogP contribution in [0.5, 0.6) is 0 Å². The molecule has 35 heavy (non-hydrogen) atoms. The van der Waals surface area contributed by atoms with Crippen LogP contribution in [0.2, 0.25) is 0 Å². The van der Waals surface area contributed by atoms with Crippen LogP contribution < -0.4 is 16.0 Å². The molecule has 1 aromatic heterocycles. The Morgan fingerprint density at radius 2 is 1.66 bits per heavy atom. The number of carbonyl (C=O) groups is 3. The zero-order valence-corrected chi connectivity index (χ0v) is 20.0. The molecule has 1 aliphatic rings. The Labute approximate surface area is 205 Å². The van der Waals surface area contributed by atoms with E-state index in [0.717, 1.165) is 24.3 Å². The molecule has 0 radical (unpaired) electrons. The largest absolute Gasteiger partial charge is 0.341 e. The summed E-state index contributed by atoms with van der Waals surface area (Å²) in [5, 5.41) is 8.66. The number of amides is 2. The molecule has 0 aliphatic carbocycles. The zero-order chi connectivity index (χ0) is 25.2. The molecule has 182 valence electrons. The Balaban J connectivity index is 1.61. The summed E-state index contributed by atoms with van der Waals surface area (Å²) < 4.78 is 26.8. The lowest BCUT2D eigenvalue weighted by atomic mass is 10.0. The molecule has 3 N–H and O–H groups in total. The molecule has 1 unspecified atom stereocenters. The molecule has 2 heterocycles. The highest BCUT2D eigenvalue weighted by molar-refractivity contribution is 7.18. The number of hydrogen-bond donors (Lipinski definition) is 3. The van der Waals surface area contributed by atoms with Crippen molar-refractivity contribution in [3.8, 4) is 11.3 Å². The van der Waals surface area contributed by atoms with E-state index in [1.54, 1.807) is 13.8 Å². The van der Waals surface area contributed by atoms with Gasteiger partial charge in [0.1, 0.15) is 22.1 Å². The SMILES string of the molecule is CC(C)(NC(=O)C1CCCN1)C(=O)Nc1nc(-c2ccc(F)cc2)c(C(=O)c2ccc(F)cc2)s1. The first kappa shape index (κ1) is 24.6. The number of hydrogen-bond acceptors (Lipinski definition) is 6. The fourth-order valence-electron chi connectivity index (χ4n) is 3.68. The number of ketones is 1. The Kier molecular flexibility index (Phi) is 7.04. The van der Waals surface area contributed by atoms with Crippen LogP contribution in [0, 0.1) is 11.6 Å². The van der Waals surface area contributed by atoms with Gasteiger partial charge in [0, 0.05) is 11.1 Å². The lowest BCUT2D eigenvalue weighted by molar-refractivity contribution is -0.130. The van der Waals surface area contributed by atoms with Crippen LogP contribution in [0.25, 0.3) is 11.3 Å². The highest BCUT2D eigenvalue weighted by Gasteiger charge is 2.34. The second kappa shape index (κ2) is 10.0. The summed E-state index contributed by atoms with van der Waals surface area (Å²) in [6.45, 7) is 3.91. The molecular formula is C25H24F2N4O3S. The molecule has 1 aliphatic heterocycles. The van der Waals surface area contributed by atoms with E-state index in [0.29, 0.717) is 12.0 Å². The topological polar surface area (TPSA) is 100 Å². The first-order valence-electron chi connectivity index (χ1n) is 11.1. The molecule has 4 rings (SSSR count). The van der Waals surface area contributed by atoms with E-state index in [4.69, 9.17) is 0 Å². The number of carbonyl (C=O) groups excluding carboxylic acids is 3. The van der Waals surface area contributed by atoms with Gasteiger partial charge in [0.05, 0.1) is 11.7 Å². The summed E-state index contributed by atoms with van der Waals surface area (Å²) >= 11 is 0.949. The van der Waals surface area contributed by atoms with E-state index in [-0.39, 0.29) is 33.2 Å². The van der Waals surface area contributed by atoms with Crippen LogP contribution in [-0.4, -0.2) is 40.7 Å². The van der Waals surface area contributed by atoms with Gasteiger partial charge in [0.2, 0.25) is 11.7 Å². The molecule has 1 atom stereocenters. The highest BCUT2D eigenvalue weighted by atomic mass is 32.1. The molecule has 7 nitrogen and oxygen atoms in total. The number of halogens is 2. The molecule has 0 bridgehead atoms. The number of nitrogens with zero attached hydrogens (tertiary/aromatic N) is 1. The number of thiazole rings is 1. The minimum atomic E-state index is -1.25. The van der Waals surface area contributed by atoms with E-state index in [9.17, 15) is 23.2 Å². The van der Waals surface area contributed by atoms with Crippen LogP contribution in [0.3, 0.4) is 0 Å². The molecule has 0 saturated carbocycles. The highest BCUT2D eigenvalue weighted by Crippen LogP contribution is 2.33. The van der Waals surface area contributed by atoms with Gasteiger partial charge in [-0.3, -0.25) is 19.7 Å². The van der Waals surface area contributed by atoms with Crippen molar-refractivity contribution in [2.45, 2.75) is 38.3 Å². The summed E-state index contributed by atoms with van der Waals surface area (Å²) in [6.07, 6.45) is 1.59. The fraction of sp³-hybridized carbons (Fsp3) is 0.280. The van der Waals surface area contributed by atoms with E-state index in [1.807, 2.05) is 0 Å². The van der Waals surface area contributed by atoms with Gasteiger partial charge in [-0.25, -0.2) is 13.8 Å². The molecule has 0 spiro atoms. The van der Waals surface area contributed by atoms with Crippen LogP contribution >= 0.6 is 11.3 Å². The smallest absolute Gasteiger partial charge is 0.251 e. The van der Waals surface area contributed by atoms with Crippen molar-refractivity contribution in [2.24, 2.45) is 0 Å². The Morgan fingerprint density at radius 3 is 2.26 bits per heavy atom. The molecular weight excluding hydrogens is 474 g/mol. The minimum Gasteiger partial charge on any atom is -0.341 e. The number of anilines is 1. The van der Waals surface area contributed by atoms with Crippen LogP contribution in [0.1, 0.15) is 41.9 Å². The predicted molar refractivity (Wildman–Crippen MR) is 129 cm³/mol. The van der Waals surface area contributed by atoms with Crippen LogP contribution in [0.4, 0.5) is 13.9 Å². The third-order valence-corrected chi connectivity index (χ3v) is 6.63. The fourth-order valence-corrected chi connectivity index (χ4v) is 4.62. The number of rotatable bonds is 7. The van der Waals surface area contributed by atoms with Gasteiger partial charge in [-0.05, 0) is 81.8 Å². The molecule has 2 amide bonds. The maximum absolute atomic E-state index is 13.5. The van der Waals surface area contributed by atoms with Gasteiger partial charge >= 0.3 is 0 Å². The van der Waals surface area contributed by atoms with Crippen LogP contribution in [0.15, 0.2) is 48.5 Å². The van der Waals surface area contributed by atoms with Gasteiger partial charge in [0.25, 0.3) is 5.91 Å². The molecule has 2 aromatic carbocycles. The van der Waals surface area contributed by atoms with E-state index >= 15 is 0 Å². The van der Waals surface area contributed by atoms with Crippen molar-refractivity contribution in [1.82, 2.24) is 15.6 Å². The van der Waals surface area contributed by atoms with E-state index in [1.165, 1.54) is 48.5 Å². The lowest BCUT2D eigenvalue weighted by Gasteiger charge is -2.26. The summed E-state index contributed by atoms with van der Waals surface area (Å²) in [4.78, 5) is 43.3. The first-order chi connectivity index (χ1) is 16.6. The Bertz CT molecular complexity index is 1250. The second-order valence-electron chi connectivity index (χ2n) is 8.76. The summed E-state index contributed by atoms with van der Waals surface area (Å²) in [5.41, 5.74) is -0.262. The molecule has 1 fully saturated rings.